The molecule has 1 amide bonds. The zero-order chi connectivity index (χ0) is 26.4. The van der Waals surface area contributed by atoms with Crippen molar-refractivity contribution in [3.05, 3.63) is 120 Å². The van der Waals surface area contributed by atoms with Gasteiger partial charge in [0.15, 0.2) is 0 Å². The second-order valence-corrected chi connectivity index (χ2v) is 11.4. The molecule has 0 bridgehead atoms. The molecule has 0 saturated carbocycles. The van der Waals surface area contributed by atoms with Gasteiger partial charge in [-0.25, -0.2) is 13.4 Å². The third-order valence-electron chi connectivity index (χ3n) is 6.67. The first kappa shape index (κ1) is 25.9. The van der Waals surface area contributed by atoms with Gasteiger partial charge in [-0.05, 0) is 36.1 Å². The lowest BCUT2D eigenvalue weighted by Gasteiger charge is -2.26. The molecule has 1 atom stereocenters. The summed E-state index contributed by atoms with van der Waals surface area (Å²) in [7, 11) is -3.75. The molecule has 1 aliphatic heterocycles. The molecule has 38 heavy (non-hydrogen) atoms. The highest BCUT2D eigenvalue weighted by molar-refractivity contribution is 7.90. The summed E-state index contributed by atoms with van der Waals surface area (Å²) in [6.07, 6.45) is 3.39. The summed E-state index contributed by atoms with van der Waals surface area (Å²) in [6, 6.07) is 27.9. The highest BCUT2D eigenvalue weighted by atomic mass is 32.2. The van der Waals surface area contributed by atoms with Crippen LogP contribution in [0.2, 0.25) is 0 Å². The average Bonchev–Trinajstić information content (AvgIpc) is 3.60. The fourth-order valence-corrected chi connectivity index (χ4v) is 6.26. The topological polar surface area (TPSA) is 81.5 Å². The monoisotopic (exact) mass is 529 g/mol. The van der Waals surface area contributed by atoms with E-state index < -0.39 is 9.84 Å². The van der Waals surface area contributed by atoms with Crippen molar-refractivity contribution in [2.24, 2.45) is 0 Å². The molecule has 0 spiro atoms. The number of nitrogens with zero attached hydrogens (tertiary/aromatic N) is 3. The Hall–Kier alpha value is -3.75. The lowest BCUT2D eigenvalue weighted by Crippen LogP contribution is -2.37. The zero-order valence-electron chi connectivity index (χ0n) is 21.1. The van der Waals surface area contributed by atoms with Gasteiger partial charge in [-0.3, -0.25) is 4.79 Å². The Morgan fingerprint density at radius 1 is 0.921 bits per heavy atom. The molecular weight excluding hydrogens is 498 g/mol. The molecule has 0 unspecified atom stereocenters. The molecule has 5 rings (SSSR count). The zero-order valence-corrected chi connectivity index (χ0v) is 22.0. The average molecular weight is 530 g/mol. The summed E-state index contributed by atoms with van der Waals surface area (Å²) in [5, 5.41) is 0.00410. The number of imidazole rings is 1. The van der Waals surface area contributed by atoms with Gasteiger partial charge in [0.2, 0.25) is 15.0 Å². The highest BCUT2D eigenvalue weighted by Gasteiger charge is 2.28. The number of benzene rings is 3. The van der Waals surface area contributed by atoms with Crippen molar-refractivity contribution in [1.82, 2.24) is 14.5 Å². The number of hydrogen-bond acceptors (Lipinski definition) is 5. The predicted molar refractivity (Wildman–Crippen MR) is 145 cm³/mol. The molecule has 1 aromatic heterocycles. The van der Waals surface area contributed by atoms with Gasteiger partial charge in [-0.15, -0.1) is 0 Å². The first-order valence-corrected chi connectivity index (χ1v) is 14.5. The fraction of sp³-hybridized carbons (Fsp3) is 0.267. The van der Waals surface area contributed by atoms with Crippen molar-refractivity contribution in [2.75, 3.05) is 13.2 Å². The first-order chi connectivity index (χ1) is 18.5. The molecule has 7 nitrogen and oxygen atoms in total. The lowest BCUT2D eigenvalue weighted by atomic mass is 10.1. The van der Waals surface area contributed by atoms with Crippen LogP contribution in [0.3, 0.4) is 0 Å². The Labute approximate surface area is 223 Å². The Bertz CT molecular complexity index is 1450. The molecule has 1 saturated heterocycles. The molecule has 1 fully saturated rings. The van der Waals surface area contributed by atoms with Gasteiger partial charge in [0.05, 0.1) is 36.8 Å². The van der Waals surface area contributed by atoms with Crippen LogP contribution in [0.1, 0.15) is 40.0 Å². The van der Waals surface area contributed by atoms with Crippen LogP contribution < -0.4 is 0 Å². The summed E-state index contributed by atoms with van der Waals surface area (Å²) < 4.78 is 34.7. The number of ether oxygens (including phenoxy) is 1. The van der Waals surface area contributed by atoms with Crippen LogP contribution in [-0.4, -0.2) is 48.0 Å². The van der Waals surface area contributed by atoms with Crippen molar-refractivity contribution in [2.45, 2.75) is 42.9 Å². The molecule has 0 aliphatic carbocycles. The van der Waals surface area contributed by atoms with E-state index in [-0.39, 0.29) is 29.5 Å². The van der Waals surface area contributed by atoms with E-state index >= 15 is 0 Å². The van der Waals surface area contributed by atoms with Gasteiger partial charge in [0.1, 0.15) is 0 Å². The predicted octanol–water partition coefficient (Wildman–Crippen LogP) is 4.73. The van der Waals surface area contributed by atoms with E-state index in [0.29, 0.717) is 36.5 Å². The van der Waals surface area contributed by atoms with E-state index in [2.05, 4.69) is 4.98 Å². The van der Waals surface area contributed by atoms with Crippen molar-refractivity contribution < 1.29 is 17.9 Å². The summed E-state index contributed by atoms with van der Waals surface area (Å²) >= 11 is 0. The van der Waals surface area contributed by atoms with Crippen molar-refractivity contribution >= 4 is 15.7 Å². The van der Waals surface area contributed by atoms with E-state index in [4.69, 9.17) is 4.74 Å². The van der Waals surface area contributed by atoms with Gasteiger partial charge < -0.3 is 14.2 Å². The largest absolute Gasteiger partial charge is 0.376 e. The number of hydrogen-bond donors (Lipinski definition) is 0. The summed E-state index contributed by atoms with van der Waals surface area (Å²) in [5.41, 5.74) is 2.88. The van der Waals surface area contributed by atoms with Crippen LogP contribution >= 0.6 is 0 Å². The quantitative estimate of drug-likeness (QED) is 0.297. The van der Waals surface area contributed by atoms with Crippen LogP contribution in [0.25, 0.3) is 0 Å². The summed E-state index contributed by atoms with van der Waals surface area (Å²) in [5.74, 6) is -0.274. The standard InChI is InChI=1S/C30H31N3O4S/c34-29(26-15-8-3-9-16-26)32(22-28-17-10-18-37-28)21-27-19-31-30(33(27)20-24-11-4-1-5-12-24)38(35,36)23-25-13-6-2-7-14-25/h1-9,11-16,19,28H,10,17-18,20-23H2/t28-/m0/s1. The maximum Gasteiger partial charge on any atom is 0.254 e. The number of carbonyl (C=O) groups excluding carboxylic acids is 1. The summed E-state index contributed by atoms with van der Waals surface area (Å²) in [6.45, 7) is 1.66. The van der Waals surface area contributed by atoms with Crippen LogP contribution in [0, 0.1) is 0 Å². The van der Waals surface area contributed by atoms with Gasteiger partial charge in [0.25, 0.3) is 5.91 Å². The van der Waals surface area contributed by atoms with E-state index in [9.17, 15) is 13.2 Å². The first-order valence-electron chi connectivity index (χ1n) is 12.8. The molecule has 2 heterocycles. The number of rotatable bonds is 10. The Kier molecular flexibility index (Phi) is 8.00. The molecular formula is C30H31N3O4S. The number of aromatic nitrogens is 2. The van der Waals surface area contributed by atoms with E-state index in [1.807, 2.05) is 66.7 Å². The summed E-state index contributed by atoms with van der Waals surface area (Å²) in [4.78, 5) is 19.7. The molecule has 196 valence electrons. The number of amides is 1. The molecule has 8 heteroatoms. The smallest absolute Gasteiger partial charge is 0.254 e. The number of carbonyl (C=O) groups is 1. The number of sulfone groups is 1. The molecule has 0 radical (unpaired) electrons. The van der Waals surface area contributed by atoms with Crippen molar-refractivity contribution in [3.8, 4) is 0 Å². The van der Waals surface area contributed by atoms with Crippen molar-refractivity contribution in [1.29, 1.82) is 0 Å². The minimum Gasteiger partial charge on any atom is -0.376 e. The van der Waals surface area contributed by atoms with Gasteiger partial charge >= 0.3 is 0 Å². The van der Waals surface area contributed by atoms with Crippen LogP contribution in [0.4, 0.5) is 0 Å². The van der Waals surface area contributed by atoms with Crippen molar-refractivity contribution in [3.63, 3.8) is 0 Å². The third kappa shape index (κ3) is 6.20. The van der Waals surface area contributed by atoms with Crippen LogP contribution in [-0.2, 0) is 33.4 Å². The van der Waals surface area contributed by atoms with Crippen LogP contribution in [0.15, 0.2) is 102 Å². The lowest BCUT2D eigenvalue weighted by molar-refractivity contribution is 0.0501. The maximum atomic E-state index is 13.6. The van der Waals surface area contributed by atoms with Crippen LogP contribution in [0.5, 0.6) is 0 Å². The van der Waals surface area contributed by atoms with Gasteiger partial charge in [0, 0.05) is 18.7 Å². The van der Waals surface area contributed by atoms with E-state index in [1.54, 1.807) is 39.9 Å². The SMILES string of the molecule is O=C(c1ccccc1)N(Cc1cnc(S(=O)(=O)Cc2ccccc2)n1Cc1ccccc1)C[C@@H]1CCCO1. The van der Waals surface area contributed by atoms with Gasteiger partial charge in [-0.1, -0.05) is 78.9 Å². The normalized spacial score (nSPS) is 15.4. The minimum absolute atomic E-state index is 0.00410. The molecule has 0 N–H and O–H groups in total. The fourth-order valence-electron chi connectivity index (χ4n) is 4.77. The molecule has 4 aromatic rings. The minimum atomic E-state index is -3.75. The van der Waals surface area contributed by atoms with Gasteiger partial charge in [-0.2, -0.15) is 0 Å². The van der Waals surface area contributed by atoms with E-state index in [1.165, 1.54) is 0 Å². The Morgan fingerprint density at radius 2 is 1.55 bits per heavy atom. The third-order valence-corrected chi connectivity index (χ3v) is 8.27. The maximum absolute atomic E-state index is 13.6. The molecule has 1 aliphatic rings. The Balaban J connectivity index is 1.50. The second kappa shape index (κ2) is 11.8. The second-order valence-electron chi connectivity index (χ2n) is 9.54. The molecule has 3 aromatic carbocycles. The highest BCUT2D eigenvalue weighted by Crippen LogP contribution is 2.22. The Morgan fingerprint density at radius 3 is 2.18 bits per heavy atom. The van der Waals surface area contributed by atoms with E-state index in [0.717, 1.165) is 18.4 Å².